The molecule has 0 fully saturated rings. The Labute approximate surface area is 161 Å². The Bertz CT molecular complexity index is 1030. The Morgan fingerprint density at radius 2 is 1.64 bits per heavy atom. The van der Waals surface area contributed by atoms with Gasteiger partial charge >= 0.3 is 0 Å². The maximum atomic E-state index is 13.5. The van der Waals surface area contributed by atoms with Crippen molar-refractivity contribution in [2.45, 2.75) is 6.92 Å². The van der Waals surface area contributed by atoms with Crippen LogP contribution in [0.3, 0.4) is 0 Å². The van der Waals surface area contributed by atoms with Crippen LogP contribution in [0.5, 0.6) is 0 Å². The molecule has 0 aromatic heterocycles. The molecule has 0 aliphatic heterocycles. The maximum absolute atomic E-state index is 13.5. The van der Waals surface area contributed by atoms with Crippen molar-refractivity contribution in [3.63, 3.8) is 0 Å². The predicted octanol–water partition coefficient (Wildman–Crippen LogP) is 4.15. The number of hydrogen-bond acceptors (Lipinski definition) is 3. The zero-order valence-electron chi connectivity index (χ0n) is 15.1. The highest BCUT2D eigenvalue weighted by atomic mass is 19.1. The van der Waals surface area contributed by atoms with Gasteiger partial charge in [0.25, 0.3) is 11.8 Å². The van der Waals surface area contributed by atoms with Crippen LogP contribution in [-0.2, 0) is 0 Å². The minimum atomic E-state index is -0.441. The number of benzene rings is 3. The normalized spacial score (nSPS) is 10.6. The summed E-state index contributed by atoms with van der Waals surface area (Å²) in [4.78, 5) is 24.4. The third-order valence-corrected chi connectivity index (χ3v) is 3.96. The van der Waals surface area contributed by atoms with Gasteiger partial charge in [0, 0.05) is 22.4 Å². The van der Waals surface area contributed by atoms with Gasteiger partial charge in [-0.05, 0) is 49.4 Å². The number of nitrogens with zero attached hydrogens (tertiary/aromatic N) is 1. The fourth-order valence-electron chi connectivity index (χ4n) is 2.50. The molecule has 5 nitrogen and oxygen atoms in total. The zero-order valence-corrected chi connectivity index (χ0v) is 15.1. The summed E-state index contributed by atoms with van der Waals surface area (Å²) in [5.41, 5.74) is 5.10. The predicted molar refractivity (Wildman–Crippen MR) is 107 cm³/mol. The summed E-state index contributed by atoms with van der Waals surface area (Å²) in [6.45, 7) is 1.92. The second-order valence-corrected chi connectivity index (χ2v) is 6.12. The standard InChI is InChI=1S/C22H18FN3O2/c1-15-5-4-7-17(13-15)21(27)25-19-11-9-16(10-12-19)22(28)26-24-14-18-6-2-3-8-20(18)23/h2-14H,1H3,(H,25,27)(H,26,28)/b24-14+. The Morgan fingerprint density at radius 1 is 0.893 bits per heavy atom. The molecule has 140 valence electrons. The van der Waals surface area contributed by atoms with E-state index in [1.54, 1.807) is 54.6 Å². The van der Waals surface area contributed by atoms with Gasteiger partial charge in [-0.3, -0.25) is 9.59 Å². The molecule has 0 saturated heterocycles. The van der Waals surface area contributed by atoms with E-state index in [-0.39, 0.29) is 11.5 Å². The van der Waals surface area contributed by atoms with Crippen LogP contribution in [0.25, 0.3) is 0 Å². The van der Waals surface area contributed by atoms with E-state index < -0.39 is 11.7 Å². The SMILES string of the molecule is Cc1cccc(C(=O)Nc2ccc(C(=O)N/N=C/c3ccccc3F)cc2)c1. The molecule has 0 spiro atoms. The minimum absolute atomic E-state index is 0.226. The number of aryl methyl sites for hydroxylation is 1. The molecule has 2 amide bonds. The lowest BCUT2D eigenvalue weighted by molar-refractivity contribution is 0.0954. The van der Waals surface area contributed by atoms with Crippen molar-refractivity contribution in [1.82, 2.24) is 5.43 Å². The van der Waals surface area contributed by atoms with Crippen LogP contribution in [0, 0.1) is 12.7 Å². The summed E-state index contributed by atoms with van der Waals surface area (Å²) >= 11 is 0. The number of carbonyl (C=O) groups is 2. The quantitative estimate of drug-likeness (QED) is 0.519. The molecule has 0 unspecified atom stereocenters. The topological polar surface area (TPSA) is 70.6 Å². The first-order valence-corrected chi connectivity index (χ1v) is 8.59. The average Bonchev–Trinajstić information content (AvgIpc) is 2.70. The molecule has 0 saturated carbocycles. The van der Waals surface area contributed by atoms with Gasteiger partial charge in [-0.15, -0.1) is 0 Å². The third kappa shape index (κ3) is 4.88. The summed E-state index contributed by atoms with van der Waals surface area (Å²) in [6.07, 6.45) is 1.24. The van der Waals surface area contributed by atoms with Gasteiger partial charge in [0.05, 0.1) is 6.21 Å². The van der Waals surface area contributed by atoms with Crippen molar-refractivity contribution < 1.29 is 14.0 Å². The number of halogens is 1. The Balaban J connectivity index is 1.60. The smallest absolute Gasteiger partial charge is 0.271 e. The lowest BCUT2D eigenvalue weighted by atomic mass is 10.1. The van der Waals surface area contributed by atoms with Gasteiger partial charge in [0.2, 0.25) is 0 Å². The van der Waals surface area contributed by atoms with Gasteiger partial charge in [-0.25, -0.2) is 9.82 Å². The molecule has 0 aliphatic rings. The van der Waals surface area contributed by atoms with E-state index in [1.165, 1.54) is 12.3 Å². The fourth-order valence-corrected chi connectivity index (χ4v) is 2.50. The van der Waals surface area contributed by atoms with Gasteiger partial charge < -0.3 is 5.32 Å². The highest BCUT2D eigenvalue weighted by Gasteiger charge is 2.08. The molecule has 0 bridgehead atoms. The summed E-state index contributed by atoms with van der Waals surface area (Å²) in [5, 5.41) is 6.54. The van der Waals surface area contributed by atoms with E-state index in [0.29, 0.717) is 16.8 Å². The highest BCUT2D eigenvalue weighted by molar-refractivity contribution is 6.04. The molecule has 3 aromatic rings. The number of anilines is 1. The van der Waals surface area contributed by atoms with E-state index in [0.717, 1.165) is 5.56 Å². The van der Waals surface area contributed by atoms with Crippen LogP contribution in [0.15, 0.2) is 77.9 Å². The number of rotatable bonds is 5. The number of amides is 2. The molecule has 0 heterocycles. The molecular formula is C22H18FN3O2. The van der Waals surface area contributed by atoms with Crippen molar-refractivity contribution in [3.05, 3.63) is 101 Å². The van der Waals surface area contributed by atoms with Crippen molar-refractivity contribution in [3.8, 4) is 0 Å². The van der Waals surface area contributed by atoms with E-state index in [2.05, 4.69) is 15.8 Å². The first kappa shape index (κ1) is 19.0. The number of hydrazone groups is 1. The second kappa shape index (κ2) is 8.73. The minimum Gasteiger partial charge on any atom is -0.322 e. The van der Waals surface area contributed by atoms with Crippen LogP contribution in [0.4, 0.5) is 10.1 Å². The summed E-state index contributed by atoms with van der Waals surface area (Å²) in [7, 11) is 0. The molecule has 3 rings (SSSR count). The number of nitrogens with one attached hydrogen (secondary N) is 2. The van der Waals surface area contributed by atoms with Crippen LogP contribution in [0.2, 0.25) is 0 Å². The van der Waals surface area contributed by atoms with E-state index in [9.17, 15) is 14.0 Å². The van der Waals surface area contributed by atoms with E-state index in [1.807, 2.05) is 19.1 Å². The highest BCUT2D eigenvalue weighted by Crippen LogP contribution is 2.12. The Hall–Kier alpha value is -3.80. The number of hydrogen-bond donors (Lipinski definition) is 2. The van der Waals surface area contributed by atoms with Crippen molar-refractivity contribution in [2.24, 2.45) is 5.10 Å². The van der Waals surface area contributed by atoms with Crippen molar-refractivity contribution in [2.75, 3.05) is 5.32 Å². The lowest BCUT2D eigenvalue weighted by Gasteiger charge is -2.07. The molecule has 6 heteroatoms. The van der Waals surface area contributed by atoms with Gasteiger partial charge in [-0.1, -0.05) is 35.9 Å². The zero-order chi connectivity index (χ0) is 19.9. The van der Waals surface area contributed by atoms with Gasteiger partial charge in [0.15, 0.2) is 0 Å². The molecule has 2 N–H and O–H groups in total. The third-order valence-electron chi connectivity index (χ3n) is 3.96. The van der Waals surface area contributed by atoms with Gasteiger partial charge in [0.1, 0.15) is 5.82 Å². The molecular weight excluding hydrogens is 357 g/mol. The molecule has 0 aliphatic carbocycles. The van der Waals surface area contributed by atoms with Gasteiger partial charge in [-0.2, -0.15) is 5.10 Å². The maximum Gasteiger partial charge on any atom is 0.271 e. The molecule has 3 aromatic carbocycles. The van der Waals surface area contributed by atoms with Crippen LogP contribution >= 0.6 is 0 Å². The van der Waals surface area contributed by atoms with Crippen molar-refractivity contribution in [1.29, 1.82) is 0 Å². The summed E-state index contributed by atoms with van der Waals surface area (Å²) in [5.74, 6) is -1.09. The monoisotopic (exact) mass is 375 g/mol. The van der Waals surface area contributed by atoms with Crippen LogP contribution in [-0.4, -0.2) is 18.0 Å². The summed E-state index contributed by atoms with van der Waals surface area (Å²) < 4.78 is 13.5. The van der Waals surface area contributed by atoms with E-state index >= 15 is 0 Å². The van der Waals surface area contributed by atoms with Crippen LogP contribution in [0.1, 0.15) is 31.8 Å². The Kier molecular flexibility index (Phi) is 5.91. The van der Waals surface area contributed by atoms with Crippen molar-refractivity contribution >= 4 is 23.7 Å². The summed E-state index contributed by atoms with van der Waals surface area (Å²) in [6, 6.07) is 19.8. The first-order valence-electron chi connectivity index (χ1n) is 8.59. The lowest BCUT2D eigenvalue weighted by Crippen LogP contribution is -2.18. The second-order valence-electron chi connectivity index (χ2n) is 6.12. The average molecular weight is 375 g/mol. The Morgan fingerprint density at radius 3 is 2.36 bits per heavy atom. The molecule has 0 atom stereocenters. The molecule has 0 radical (unpaired) electrons. The van der Waals surface area contributed by atoms with E-state index in [4.69, 9.17) is 0 Å². The van der Waals surface area contributed by atoms with Crippen LogP contribution < -0.4 is 10.7 Å². The first-order chi connectivity index (χ1) is 13.5. The largest absolute Gasteiger partial charge is 0.322 e. The fraction of sp³-hybridized carbons (Fsp3) is 0.0455. The molecule has 28 heavy (non-hydrogen) atoms. The number of carbonyl (C=O) groups excluding carboxylic acids is 2.